The molecule has 0 saturated carbocycles. The van der Waals surface area contributed by atoms with Crippen LogP contribution < -0.4 is 5.32 Å². The van der Waals surface area contributed by atoms with Gasteiger partial charge in [-0.2, -0.15) is 0 Å². The van der Waals surface area contributed by atoms with Crippen LogP contribution in [0.5, 0.6) is 5.75 Å². The Hall–Kier alpha value is -1.88. The van der Waals surface area contributed by atoms with E-state index in [1.807, 2.05) is 19.1 Å². The molecule has 0 aromatic heterocycles. The molecule has 0 unspecified atom stereocenters. The third-order valence-corrected chi connectivity index (χ3v) is 3.23. The zero-order valence-corrected chi connectivity index (χ0v) is 11.7. The summed E-state index contributed by atoms with van der Waals surface area (Å²) in [6.07, 6.45) is 0. The number of aryl methyl sites for hydroxylation is 1. The fourth-order valence-corrected chi connectivity index (χ4v) is 2.26. The highest BCUT2D eigenvalue weighted by atomic mass is 79.9. The van der Waals surface area contributed by atoms with Crippen molar-refractivity contribution < 1.29 is 14.3 Å². The minimum absolute atomic E-state index is 0.285. The van der Waals surface area contributed by atoms with Crippen LogP contribution >= 0.6 is 15.9 Å². The number of anilines is 1. The Morgan fingerprint density at radius 2 is 2.00 bits per heavy atom. The lowest BCUT2D eigenvalue weighted by atomic mass is 10.1. The van der Waals surface area contributed by atoms with Gasteiger partial charge in [0.15, 0.2) is 11.6 Å². The van der Waals surface area contributed by atoms with Crippen LogP contribution in [0, 0.1) is 12.7 Å². The number of nitrogens with one attached hydrogen (secondary N) is 1. The molecule has 0 bridgehead atoms. The molecule has 19 heavy (non-hydrogen) atoms. The van der Waals surface area contributed by atoms with Crippen molar-refractivity contribution in [3.05, 3.63) is 57.8 Å². The number of amides is 1. The summed E-state index contributed by atoms with van der Waals surface area (Å²) in [5.74, 6) is -1.58. The molecule has 0 saturated heterocycles. The van der Waals surface area contributed by atoms with E-state index in [9.17, 15) is 9.18 Å². The van der Waals surface area contributed by atoms with Crippen molar-refractivity contribution in [2.75, 3.05) is 5.32 Å². The first-order chi connectivity index (χ1) is 8.97. The van der Waals surface area contributed by atoms with Crippen LogP contribution in [0.25, 0.3) is 0 Å². The minimum Gasteiger partial charge on any atom is -0.505 e. The Labute approximate surface area is 118 Å². The summed E-state index contributed by atoms with van der Waals surface area (Å²) in [5.41, 5.74) is 1.77. The number of halogens is 2. The predicted molar refractivity (Wildman–Crippen MR) is 74.9 cm³/mol. The van der Waals surface area contributed by atoms with Gasteiger partial charge < -0.3 is 10.4 Å². The molecule has 2 rings (SSSR count). The summed E-state index contributed by atoms with van der Waals surface area (Å²) in [4.78, 5) is 12.0. The first-order valence-electron chi connectivity index (χ1n) is 5.53. The lowest BCUT2D eigenvalue weighted by molar-refractivity contribution is 0.102. The third kappa shape index (κ3) is 3.12. The molecule has 3 nitrogen and oxygen atoms in total. The van der Waals surface area contributed by atoms with Crippen LogP contribution in [0.15, 0.2) is 40.9 Å². The number of phenols is 1. The van der Waals surface area contributed by atoms with E-state index in [2.05, 4.69) is 21.2 Å². The summed E-state index contributed by atoms with van der Waals surface area (Å²) >= 11 is 3.31. The average molecular weight is 324 g/mol. The van der Waals surface area contributed by atoms with Crippen LogP contribution in [-0.4, -0.2) is 11.0 Å². The molecule has 0 heterocycles. The normalized spacial score (nSPS) is 10.3. The molecule has 0 aliphatic heterocycles. The molecule has 0 atom stereocenters. The van der Waals surface area contributed by atoms with Gasteiger partial charge in [0.25, 0.3) is 5.91 Å². The second-order valence-corrected chi connectivity index (χ2v) is 4.96. The molecule has 5 heteroatoms. The zero-order chi connectivity index (χ0) is 14.0. The van der Waals surface area contributed by atoms with E-state index in [0.29, 0.717) is 10.0 Å². The summed E-state index contributed by atoms with van der Waals surface area (Å²) in [6.45, 7) is 1.92. The van der Waals surface area contributed by atoms with E-state index in [1.165, 1.54) is 12.1 Å². The van der Waals surface area contributed by atoms with Crippen LogP contribution in [0.2, 0.25) is 0 Å². The van der Waals surface area contributed by atoms with Crippen molar-refractivity contribution in [3.63, 3.8) is 0 Å². The molecule has 2 aromatic rings. The van der Waals surface area contributed by atoms with Gasteiger partial charge in [0.05, 0.1) is 5.56 Å². The topological polar surface area (TPSA) is 49.3 Å². The van der Waals surface area contributed by atoms with Gasteiger partial charge in [0, 0.05) is 16.2 Å². The average Bonchev–Trinajstić information content (AvgIpc) is 2.33. The quantitative estimate of drug-likeness (QED) is 0.824. The van der Waals surface area contributed by atoms with E-state index < -0.39 is 11.6 Å². The Balaban J connectivity index is 2.23. The first kappa shape index (κ1) is 13.5. The summed E-state index contributed by atoms with van der Waals surface area (Å²) in [6, 6.07) is 9.01. The van der Waals surface area contributed by atoms with Gasteiger partial charge in [-0.25, -0.2) is 4.39 Å². The minimum atomic E-state index is -0.777. The highest BCUT2D eigenvalue weighted by molar-refractivity contribution is 9.10. The lowest BCUT2D eigenvalue weighted by Gasteiger charge is -2.08. The molecule has 0 fully saturated rings. The van der Waals surface area contributed by atoms with Crippen LogP contribution in [0.3, 0.4) is 0 Å². The number of hydrogen-bond donors (Lipinski definition) is 2. The number of hydrogen-bond acceptors (Lipinski definition) is 2. The monoisotopic (exact) mass is 323 g/mol. The fourth-order valence-electron chi connectivity index (χ4n) is 1.59. The Bertz CT molecular complexity index is 643. The Kier molecular flexibility index (Phi) is 3.85. The second-order valence-electron chi connectivity index (χ2n) is 4.10. The van der Waals surface area contributed by atoms with Crippen molar-refractivity contribution in [2.45, 2.75) is 6.92 Å². The molecular weight excluding hydrogens is 313 g/mol. The highest BCUT2D eigenvalue weighted by Gasteiger charge is 2.11. The number of aromatic hydroxyl groups is 1. The van der Waals surface area contributed by atoms with Crippen molar-refractivity contribution in [1.82, 2.24) is 0 Å². The van der Waals surface area contributed by atoms with E-state index in [4.69, 9.17) is 5.11 Å². The maximum Gasteiger partial charge on any atom is 0.256 e. The first-order valence-corrected chi connectivity index (χ1v) is 6.32. The molecule has 1 amide bonds. The van der Waals surface area contributed by atoms with Gasteiger partial charge in [-0.05, 0) is 52.7 Å². The van der Waals surface area contributed by atoms with E-state index in [1.54, 1.807) is 6.07 Å². The van der Waals surface area contributed by atoms with E-state index >= 15 is 0 Å². The summed E-state index contributed by atoms with van der Waals surface area (Å²) in [7, 11) is 0. The van der Waals surface area contributed by atoms with Crippen molar-refractivity contribution in [2.24, 2.45) is 0 Å². The second kappa shape index (κ2) is 5.40. The van der Waals surface area contributed by atoms with E-state index in [-0.39, 0.29) is 11.6 Å². The molecule has 2 aromatic carbocycles. The molecule has 2 N–H and O–H groups in total. The fraction of sp³-hybridized carbons (Fsp3) is 0.0714. The van der Waals surface area contributed by atoms with Gasteiger partial charge in [0.2, 0.25) is 0 Å². The Morgan fingerprint density at radius 1 is 1.26 bits per heavy atom. The number of phenolic OH excluding ortho intramolecular Hbond substituents is 1. The number of benzene rings is 2. The molecule has 0 radical (unpaired) electrons. The van der Waals surface area contributed by atoms with Gasteiger partial charge in [-0.15, -0.1) is 0 Å². The van der Waals surface area contributed by atoms with Crippen molar-refractivity contribution in [1.29, 1.82) is 0 Å². The number of rotatable bonds is 2. The van der Waals surface area contributed by atoms with Gasteiger partial charge in [-0.3, -0.25) is 4.79 Å². The molecular formula is C14H11BrFNO2. The smallest absolute Gasteiger partial charge is 0.256 e. The van der Waals surface area contributed by atoms with Crippen LogP contribution in [0.1, 0.15) is 15.9 Å². The number of carbonyl (C=O) groups excluding carboxylic acids is 1. The third-order valence-electron chi connectivity index (χ3n) is 2.57. The molecule has 0 spiro atoms. The lowest BCUT2D eigenvalue weighted by Crippen LogP contribution is -2.12. The molecule has 0 aliphatic rings. The largest absolute Gasteiger partial charge is 0.505 e. The SMILES string of the molecule is Cc1ccc(C(=O)Nc2ccc(O)c(F)c2)c(Br)c1. The highest BCUT2D eigenvalue weighted by Crippen LogP contribution is 2.22. The molecule has 0 aliphatic carbocycles. The molecule has 98 valence electrons. The van der Waals surface area contributed by atoms with Gasteiger partial charge >= 0.3 is 0 Å². The zero-order valence-electron chi connectivity index (χ0n) is 10.1. The van der Waals surface area contributed by atoms with Gasteiger partial charge in [0.1, 0.15) is 0 Å². The Morgan fingerprint density at radius 3 is 2.63 bits per heavy atom. The van der Waals surface area contributed by atoms with Crippen LogP contribution in [-0.2, 0) is 0 Å². The van der Waals surface area contributed by atoms with Crippen molar-refractivity contribution >= 4 is 27.5 Å². The summed E-state index contributed by atoms with van der Waals surface area (Å²) in [5, 5.41) is 11.6. The number of carbonyl (C=O) groups is 1. The summed E-state index contributed by atoms with van der Waals surface area (Å²) < 4.78 is 13.8. The van der Waals surface area contributed by atoms with Crippen molar-refractivity contribution in [3.8, 4) is 5.75 Å². The van der Waals surface area contributed by atoms with E-state index in [0.717, 1.165) is 11.6 Å². The maximum absolute atomic E-state index is 13.2. The van der Waals surface area contributed by atoms with Gasteiger partial charge in [-0.1, -0.05) is 6.07 Å². The van der Waals surface area contributed by atoms with Crippen LogP contribution in [0.4, 0.5) is 10.1 Å². The predicted octanol–water partition coefficient (Wildman–Crippen LogP) is 3.85. The maximum atomic E-state index is 13.2. The standard InChI is InChI=1S/C14H11BrFNO2/c1-8-2-4-10(11(15)6-8)14(19)17-9-3-5-13(18)12(16)7-9/h2-7,18H,1H3,(H,17,19).